The molecule has 24 heavy (non-hydrogen) atoms. The fraction of sp³-hybridized carbons (Fsp3) is 0.286. The summed E-state index contributed by atoms with van der Waals surface area (Å²) in [5.74, 6) is -0.611. The minimum Gasteiger partial charge on any atom is -0.442 e. The SMILES string of the molecule is CC(=O)CC(=O)C=Cc1ccc(OC(Cl)(Cl)Cl)c(OC(Cl)(Cl)Cl)c1. The van der Waals surface area contributed by atoms with Crippen molar-refractivity contribution in [3.8, 4) is 11.5 Å². The Morgan fingerprint density at radius 1 is 1.00 bits per heavy atom. The average Bonchev–Trinajstić information content (AvgIpc) is 2.35. The molecule has 0 saturated carbocycles. The summed E-state index contributed by atoms with van der Waals surface area (Å²) in [6, 6.07) is 4.36. The van der Waals surface area contributed by atoms with E-state index in [1.165, 1.54) is 31.2 Å². The van der Waals surface area contributed by atoms with Crippen LogP contribution < -0.4 is 9.47 Å². The van der Waals surface area contributed by atoms with Crippen LogP contribution in [0.3, 0.4) is 0 Å². The topological polar surface area (TPSA) is 52.6 Å². The molecule has 1 aromatic rings. The summed E-state index contributed by atoms with van der Waals surface area (Å²) in [5.41, 5.74) is 0.507. The van der Waals surface area contributed by atoms with Gasteiger partial charge in [-0.25, -0.2) is 0 Å². The van der Waals surface area contributed by atoms with E-state index in [2.05, 4.69) is 0 Å². The summed E-state index contributed by atoms with van der Waals surface area (Å²) < 4.78 is 6.04. The Morgan fingerprint density at radius 2 is 1.54 bits per heavy atom. The Kier molecular flexibility index (Phi) is 7.98. The second kappa shape index (κ2) is 8.84. The molecular formula is C14H10Cl6O4. The van der Waals surface area contributed by atoms with Crippen LogP contribution in [0.25, 0.3) is 6.08 Å². The molecule has 0 aliphatic carbocycles. The first-order chi connectivity index (χ1) is 10.9. The number of rotatable bonds is 6. The van der Waals surface area contributed by atoms with Crippen LogP contribution in [-0.2, 0) is 9.59 Å². The molecule has 0 heterocycles. The number of hydrogen-bond acceptors (Lipinski definition) is 4. The zero-order valence-corrected chi connectivity index (χ0v) is 16.5. The molecule has 0 fully saturated rings. The molecule has 0 aromatic heterocycles. The van der Waals surface area contributed by atoms with Crippen molar-refractivity contribution >= 4 is 87.2 Å². The van der Waals surface area contributed by atoms with Crippen molar-refractivity contribution in [3.05, 3.63) is 29.8 Å². The molecule has 0 aliphatic heterocycles. The van der Waals surface area contributed by atoms with Gasteiger partial charge in [0, 0.05) is 0 Å². The van der Waals surface area contributed by atoms with E-state index in [1.54, 1.807) is 6.07 Å². The molecule has 10 heteroatoms. The van der Waals surface area contributed by atoms with Crippen LogP contribution in [0.1, 0.15) is 18.9 Å². The van der Waals surface area contributed by atoms with Gasteiger partial charge in [-0.2, -0.15) is 0 Å². The third kappa shape index (κ3) is 9.21. The molecule has 0 spiro atoms. The molecule has 0 amide bonds. The minimum atomic E-state index is -2.08. The normalized spacial score (nSPS) is 12.3. The van der Waals surface area contributed by atoms with Gasteiger partial charge in [0.2, 0.25) is 0 Å². The van der Waals surface area contributed by atoms with Crippen LogP contribution in [0, 0.1) is 0 Å². The molecule has 1 aromatic carbocycles. The largest absolute Gasteiger partial charge is 0.442 e. The molecule has 0 atom stereocenters. The summed E-state index contributed by atoms with van der Waals surface area (Å²) in [5, 5.41) is 0. The van der Waals surface area contributed by atoms with E-state index in [9.17, 15) is 9.59 Å². The van der Waals surface area contributed by atoms with Crippen molar-refractivity contribution in [2.45, 2.75) is 21.3 Å². The molecule has 0 saturated heterocycles. The van der Waals surface area contributed by atoms with E-state index in [4.69, 9.17) is 79.1 Å². The number of carbonyl (C=O) groups excluding carboxylic acids is 2. The summed E-state index contributed by atoms with van der Waals surface area (Å²) in [4.78, 5) is 22.4. The van der Waals surface area contributed by atoms with Crippen molar-refractivity contribution in [2.24, 2.45) is 0 Å². The first-order valence-corrected chi connectivity index (χ1v) is 8.48. The first-order valence-electron chi connectivity index (χ1n) is 6.21. The van der Waals surface area contributed by atoms with E-state index in [0.717, 1.165) is 0 Å². The predicted molar refractivity (Wildman–Crippen MR) is 97.6 cm³/mol. The van der Waals surface area contributed by atoms with Gasteiger partial charge >= 0.3 is 7.96 Å². The monoisotopic (exact) mass is 452 g/mol. The molecule has 0 radical (unpaired) electrons. The van der Waals surface area contributed by atoms with Crippen molar-refractivity contribution in [1.29, 1.82) is 0 Å². The highest BCUT2D eigenvalue weighted by Gasteiger charge is 2.28. The van der Waals surface area contributed by atoms with Crippen LogP contribution in [0.2, 0.25) is 0 Å². The van der Waals surface area contributed by atoms with E-state index >= 15 is 0 Å². The zero-order chi connectivity index (χ0) is 18.5. The molecule has 0 bridgehead atoms. The highest BCUT2D eigenvalue weighted by molar-refractivity contribution is 6.67. The van der Waals surface area contributed by atoms with Gasteiger partial charge in [-0.15, -0.1) is 0 Å². The maximum absolute atomic E-state index is 11.5. The zero-order valence-electron chi connectivity index (χ0n) is 12.0. The van der Waals surface area contributed by atoms with E-state index in [0.29, 0.717) is 5.56 Å². The van der Waals surface area contributed by atoms with Crippen molar-refractivity contribution in [3.63, 3.8) is 0 Å². The molecule has 0 unspecified atom stereocenters. The van der Waals surface area contributed by atoms with Gasteiger partial charge in [-0.05, 0) is 100 Å². The van der Waals surface area contributed by atoms with Gasteiger partial charge < -0.3 is 9.47 Å². The van der Waals surface area contributed by atoms with E-state index < -0.39 is 7.96 Å². The number of hydrogen-bond donors (Lipinski definition) is 0. The maximum Gasteiger partial charge on any atom is 0.338 e. The van der Waals surface area contributed by atoms with Crippen LogP contribution in [0.5, 0.6) is 11.5 Å². The van der Waals surface area contributed by atoms with Crippen LogP contribution in [-0.4, -0.2) is 19.5 Å². The molecule has 0 N–H and O–H groups in total. The molecular weight excluding hydrogens is 445 g/mol. The van der Waals surface area contributed by atoms with Crippen LogP contribution in [0.15, 0.2) is 24.3 Å². The molecule has 0 aliphatic rings. The number of halogens is 6. The van der Waals surface area contributed by atoms with Crippen molar-refractivity contribution < 1.29 is 19.1 Å². The number of carbonyl (C=O) groups is 2. The lowest BCUT2D eigenvalue weighted by molar-refractivity contribution is -0.123. The van der Waals surface area contributed by atoms with Crippen molar-refractivity contribution in [2.75, 3.05) is 0 Å². The van der Waals surface area contributed by atoms with Gasteiger partial charge in [-0.1, -0.05) is 12.1 Å². The van der Waals surface area contributed by atoms with Crippen molar-refractivity contribution in [1.82, 2.24) is 0 Å². The number of Topliss-reactive ketones (excluding diaryl/α,β-unsaturated/α-hetero) is 1. The number of ketones is 2. The smallest absolute Gasteiger partial charge is 0.338 e. The van der Waals surface area contributed by atoms with Gasteiger partial charge in [0.1, 0.15) is 5.78 Å². The Labute approximate surface area is 168 Å². The average molecular weight is 455 g/mol. The number of allylic oxidation sites excluding steroid dienone is 1. The standard InChI is InChI=1S/C14H10Cl6O4/c1-8(21)6-10(22)4-2-9-3-5-11(23-13(15,16)17)12(7-9)24-14(18,19)20/h2-5,7H,6H2,1H3. The fourth-order valence-electron chi connectivity index (χ4n) is 1.54. The molecule has 4 nitrogen and oxygen atoms in total. The summed E-state index contributed by atoms with van der Waals surface area (Å²) >= 11 is 33.5. The van der Waals surface area contributed by atoms with E-state index in [-0.39, 0.29) is 29.5 Å². The van der Waals surface area contributed by atoms with Gasteiger partial charge in [0.15, 0.2) is 17.3 Å². The quantitative estimate of drug-likeness (QED) is 0.316. The fourth-order valence-corrected chi connectivity index (χ4v) is 2.03. The Hall–Kier alpha value is -0.360. The van der Waals surface area contributed by atoms with Crippen LogP contribution in [0.4, 0.5) is 0 Å². The summed E-state index contributed by atoms with van der Waals surface area (Å²) in [6.45, 7) is 1.32. The lowest BCUT2D eigenvalue weighted by Gasteiger charge is -2.20. The van der Waals surface area contributed by atoms with Gasteiger partial charge in [-0.3, -0.25) is 9.59 Å². The van der Waals surface area contributed by atoms with Gasteiger partial charge in [0.25, 0.3) is 0 Å². The second-order valence-corrected chi connectivity index (χ2v) is 8.83. The predicted octanol–water partition coefficient (Wildman–Crippen LogP) is 5.66. The molecule has 132 valence electrons. The summed E-state index contributed by atoms with van der Waals surface area (Å²) in [6.07, 6.45) is 2.50. The highest BCUT2D eigenvalue weighted by Crippen LogP contribution is 2.40. The van der Waals surface area contributed by atoms with Crippen LogP contribution >= 0.6 is 69.6 Å². The number of benzene rings is 1. The number of alkyl halides is 6. The lowest BCUT2D eigenvalue weighted by atomic mass is 10.1. The minimum absolute atomic E-state index is 0.00791. The Morgan fingerprint density at radius 3 is 2.04 bits per heavy atom. The third-order valence-electron chi connectivity index (χ3n) is 2.30. The number of ether oxygens (including phenoxy) is 2. The molecule has 1 rings (SSSR count). The first kappa shape index (κ1) is 21.7. The second-order valence-electron chi connectivity index (χ2n) is 4.48. The Balaban J connectivity index is 3.08. The van der Waals surface area contributed by atoms with E-state index in [1.807, 2.05) is 0 Å². The Bertz CT molecular complexity index is 646. The van der Waals surface area contributed by atoms with Gasteiger partial charge in [0.05, 0.1) is 6.42 Å². The lowest BCUT2D eigenvalue weighted by Crippen LogP contribution is -2.17. The highest BCUT2D eigenvalue weighted by atomic mass is 35.6. The summed E-state index contributed by atoms with van der Waals surface area (Å²) in [7, 11) is 0. The maximum atomic E-state index is 11.5. The third-order valence-corrected chi connectivity index (χ3v) is 2.77.